The summed E-state index contributed by atoms with van der Waals surface area (Å²) in [6, 6.07) is 5.11. The predicted molar refractivity (Wildman–Crippen MR) is 62.9 cm³/mol. The van der Waals surface area contributed by atoms with E-state index in [0.717, 1.165) is 0 Å². The van der Waals surface area contributed by atoms with Crippen LogP contribution in [0.15, 0.2) is 18.2 Å². The molecule has 1 aliphatic rings. The quantitative estimate of drug-likeness (QED) is 0.863. The van der Waals surface area contributed by atoms with E-state index < -0.39 is 5.67 Å². The van der Waals surface area contributed by atoms with Crippen molar-refractivity contribution in [3.8, 4) is 5.75 Å². The number of methoxy groups -OCH3 is 1. The summed E-state index contributed by atoms with van der Waals surface area (Å²) in [6.45, 7) is 1.39. The fourth-order valence-corrected chi connectivity index (χ4v) is 2.29. The van der Waals surface area contributed by atoms with Gasteiger partial charge in [0, 0.05) is 10.6 Å². The monoisotopic (exact) mass is 243 g/mol. The normalized spacial score (nSPS) is 19.4. The van der Waals surface area contributed by atoms with Crippen molar-refractivity contribution >= 4 is 11.6 Å². The van der Waals surface area contributed by atoms with Gasteiger partial charge in [0.15, 0.2) is 0 Å². The molecule has 16 heavy (non-hydrogen) atoms. The summed E-state index contributed by atoms with van der Waals surface area (Å²) < 4.78 is 19.9. The van der Waals surface area contributed by atoms with Crippen LogP contribution >= 0.6 is 11.6 Å². The van der Waals surface area contributed by atoms with Gasteiger partial charge in [-0.25, -0.2) is 4.39 Å². The lowest BCUT2D eigenvalue weighted by Gasteiger charge is -2.31. The molecule has 0 saturated carbocycles. The molecule has 0 amide bonds. The Bertz CT molecular complexity index is 377. The van der Waals surface area contributed by atoms with Crippen LogP contribution in [0.1, 0.15) is 18.4 Å². The topological polar surface area (TPSA) is 21.3 Å². The van der Waals surface area contributed by atoms with Crippen LogP contribution in [0.3, 0.4) is 0 Å². The SMILES string of the molecule is COc1cc(Cl)ccc1C1(F)CCNCC1. The van der Waals surface area contributed by atoms with Crippen molar-refractivity contribution in [2.45, 2.75) is 18.5 Å². The minimum atomic E-state index is -1.29. The Labute approximate surface area is 99.7 Å². The van der Waals surface area contributed by atoms with Crippen molar-refractivity contribution in [1.82, 2.24) is 5.32 Å². The van der Waals surface area contributed by atoms with Crippen molar-refractivity contribution in [2.75, 3.05) is 20.2 Å². The maximum Gasteiger partial charge on any atom is 0.142 e. The van der Waals surface area contributed by atoms with E-state index in [1.165, 1.54) is 0 Å². The van der Waals surface area contributed by atoms with Crippen molar-refractivity contribution in [2.24, 2.45) is 0 Å². The molecule has 2 rings (SSSR count). The average Bonchev–Trinajstić information content (AvgIpc) is 2.29. The van der Waals surface area contributed by atoms with Gasteiger partial charge in [0.2, 0.25) is 0 Å². The standard InChI is InChI=1S/C12H15ClFNO/c1-16-11-8-9(13)2-3-10(11)12(14)4-6-15-7-5-12/h2-3,8,15H,4-7H2,1H3. The maximum atomic E-state index is 14.7. The van der Waals surface area contributed by atoms with Gasteiger partial charge in [0.05, 0.1) is 7.11 Å². The summed E-state index contributed by atoms with van der Waals surface area (Å²) in [5.41, 5.74) is -0.679. The smallest absolute Gasteiger partial charge is 0.142 e. The molecule has 0 bridgehead atoms. The molecule has 1 saturated heterocycles. The third-order valence-corrected chi connectivity index (χ3v) is 3.28. The third-order valence-electron chi connectivity index (χ3n) is 3.04. The Kier molecular flexibility index (Phi) is 3.36. The van der Waals surface area contributed by atoms with Crippen LogP contribution in [-0.4, -0.2) is 20.2 Å². The molecule has 0 unspecified atom stereocenters. The van der Waals surface area contributed by atoms with E-state index in [4.69, 9.17) is 16.3 Å². The summed E-state index contributed by atoms with van der Waals surface area (Å²) in [5.74, 6) is 0.539. The molecule has 1 aromatic rings. The highest BCUT2D eigenvalue weighted by molar-refractivity contribution is 6.30. The van der Waals surface area contributed by atoms with Crippen molar-refractivity contribution in [1.29, 1.82) is 0 Å². The number of piperidine rings is 1. The Morgan fingerprint density at radius 1 is 1.38 bits per heavy atom. The lowest BCUT2D eigenvalue weighted by Crippen LogP contribution is -2.36. The second-order valence-electron chi connectivity index (χ2n) is 4.06. The van der Waals surface area contributed by atoms with Crippen LogP contribution in [0.4, 0.5) is 4.39 Å². The summed E-state index contributed by atoms with van der Waals surface area (Å²) >= 11 is 5.87. The van der Waals surface area contributed by atoms with Gasteiger partial charge in [-0.1, -0.05) is 17.7 Å². The largest absolute Gasteiger partial charge is 0.496 e. The fraction of sp³-hybridized carbons (Fsp3) is 0.500. The van der Waals surface area contributed by atoms with E-state index in [2.05, 4.69) is 5.32 Å². The van der Waals surface area contributed by atoms with E-state index in [0.29, 0.717) is 42.3 Å². The van der Waals surface area contributed by atoms with E-state index in [1.807, 2.05) is 0 Å². The first-order chi connectivity index (χ1) is 7.65. The molecule has 2 nitrogen and oxygen atoms in total. The Balaban J connectivity index is 2.37. The van der Waals surface area contributed by atoms with Gasteiger partial charge >= 0.3 is 0 Å². The molecular formula is C12H15ClFNO. The van der Waals surface area contributed by atoms with Crippen LogP contribution in [0, 0.1) is 0 Å². The first-order valence-corrected chi connectivity index (χ1v) is 5.77. The van der Waals surface area contributed by atoms with Gasteiger partial charge in [0.25, 0.3) is 0 Å². The molecule has 1 heterocycles. The number of ether oxygens (including phenoxy) is 1. The van der Waals surface area contributed by atoms with Gasteiger partial charge in [-0.3, -0.25) is 0 Å². The summed E-state index contributed by atoms with van der Waals surface area (Å²) in [5, 5.41) is 3.72. The van der Waals surface area contributed by atoms with E-state index in [-0.39, 0.29) is 0 Å². The van der Waals surface area contributed by atoms with Crippen LogP contribution in [0.25, 0.3) is 0 Å². The third kappa shape index (κ3) is 2.15. The minimum Gasteiger partial charge on any atom is -0.496 e. The molecule has 1 N–H and O–H groups in total. The number of nitrogens with one attached hydrogen (secondary N) is 1. The van der Waals surface area contributed by atoms with Gasteiger partial charge < -0.3 is 10.1 Å². The van der Waals surface area contributed by atoms with Crippen molar-refractivity contribution < 1.29 is 9.13 Å². The average molecular weight is 244 g/mol. The molecule has 0 radical (unpaired) electrons. The zero-order valence-electron chi connectivity index (χ0n) is 9.22. The number of alkyl halides is 1. The fourth-order valence-electron chi connectivity index (χ4n) is 2.13. The lowest BCUT2D eigenvalue weighted by atomic mass is 9.86. The second kappa shape index (κ2) is 4.60. The second-order valence-corrected chi connectivity index (χ2v) is 4.50. The summed E-state index contributed by atoms with van der Waals surface area (Å²) in [6.07, 6.45) is 0.954. The van der Waals surface area contributed by atoms with Crippen LogP contribution in [0.2, 0.25) is 5.02 Å². The number of benzene rings is 1. The van der Waals surface area contributed by atoms with Gasteiger partial charge in [0.1, 0.15) is 11.4 Å². The molecule has 1 fully saturated rings. The highest BCUT2D eigenvalue weighted by Gasteiger charge is 2.36. The van der Waals surface area contributed by atoms with Gasteiger partial charge in [-0.05, 0) is 38.1 Å². The van der Waals surface area contributed by atoms with Gasteiger partial charge in [-0.15, -0.1) is 0 Å². The zero-order chi connectivity index (χ0) is 11.6. The number of halogens is 2. The van der Waals surface area contributed by atoms with Crippen molar-refractivity contribution in [3.63, 3.8) is 0 Å². The van der Waals surface area contributed by atoms with E-state index in [1.54, 1.807) is 25.3 Å². The Hall–Kier alpha value is -0.800. The van der Waals surface area contributed by atoms with E-state index in [9.17, 15) is 4.39 Å². The van der Waals surface area contributed by atoms with E-state index >= 15 is 0 Å². The molecule has 0 spiro atoms. The number of rotatable bonds is 2. The lowest BCUT2D eigenvalue weighted by molar-refractivity contribution is 0.111. The molecule has 4 heteroatoms. The van der Waals surface area contributed by atoms with Crippen LogP contribution in [0.5, 0.6) is 5.75 Å². The molecule has 1 aromatic carbocycles. The zero-order valence-corrected chi connectivity index (χ0v) is 9.98. The molecule has 0 aromatic heterocycles. The van der Waals surface area contributed by atoms with Crippen LogP contribution in [-0.2, 0) is 5.67 Å². The number of hydrogen-bond acceptors (Lipinski definition) is 2. The maximum absolute atomic E-state index is 14.7. The first kappa shape index (κ1) is 11.7. The molecule has 1 aliphatic heterocycles. The highest BCUT2D eigenvalue weighted by Crippen LogP contribution is 2.40. The minimum absolute atomic E-state index is 0.477. The highest BCUT2D eigenvalue weighted by atomic mass is 35.5. The molecule has 0 atom stereocenters. The summed E-state index contributed by atoms with van der Waals surface area (Å²) in [4.78, 5) is 0. The Morgan fingerprint density at radius 3 is 2.69 bits per heavy atom. The number of hydrogen-bond donors (Lipinski definition) is 1. The first-order valence-electron chi connectivity index (χ1n) is 5.39. The summed E-state index contributed by atoms with van der Waals surface area (Å²) in [7, 11) is 1.54. The van der Waals surface area contributed by atoms with Gasteiger partial charge in [-0.2, -0.15) is 0 Å². The van der Waals surface area contributed by atoms with Crippen LogP contribution < -0.4 is 10.1 Å². The molecule has 0 aliphatic carbocycles. The Morgan fingerprint density at radius 2 is 2.06 bits per heavy atom. The molecule has 88 valence electrons. The molecular weight excluding hydrogens is 229 g/mol. The van der Waals surface area contributed by atoms with Crippen molar-refractivity contribution in [3.05, 3.63) is 28.8 Å². The predicted octanol–water partition coefficient (Wildman–Crippen LogP) is 2.90.